The number of hydrogen-bond acceptors (Lipinski definition) is 7. The first-order valence-corrected chi connectivity index (χ1v) is 12.0. The van der Waals surface area contributed by atoms with Crippen molar-refractivity contribution >= 4 is 29.5 Å². The van der Waals surface area contributed by atoms with E-state index < -0.39 is 5.76 Å². The first-order valence-electron chi connectivity index (χ1n) is 10.1. The third-order valence-corrected chi connectivity index (χ3v) is 6.75. The van der Waals surface area contributed by atoms with Crippen LogP contribution in [0.4, 0.5) is 14.7 Å². The second-order valence-corrected chi connectivity index (χ2v) is 9.18. The van der Waals surface area contributed by atoms with E-state index in [1.54, 1.807) is 23.9 Å². The maximum Gasteiger partial charge on any atom is 0.289 e. The molecular weight excluding hydrogens is 454 g/mol. The van der Waals surface area contributed by atoms with E-state index in [2.05, 4.69) is 38.7 Å². The van der Waals surface area contributed by atoms with Crippen molar-refractivity contribution in [3.8, 4) is 11.4 Å². The van der Waals surface area contributed by atoms with Crippen molar-refractivity contribution in [2.45, 2.75) is 28.5 Å². The van der Waals surface area contributed by atoms with Gasteiger partial charge in [-0.3, -0.25) is 4.57 Å². The van der Waals surface area contributed by atoms with Gasteiger partial charge in [-0.1, -0.05) is 41.7 Å². The summed E-state index contributed by atoms with van der Waals surface area (Å²) in [5.74, 6) is -0.649. The van der Waals surface area contributed by atoms with Gasteiger partial charge in [0.25, 0.3) is 5.76 Å². The lowest BCUT2D eigenvalue weighted by molar-refractivity contribution is 0.122. The van der Waals surface area contributed by atoms with Crippen LogP contribution in [0, 0.1) is 6.92 Å². The van der Waals surface area contributed by atoms with E-state index in [4.69, 9.17) is 9.47 Å². The van der Waals surface area contributed by atoms with Crippen molar-refractivity contribution in [1.82, 2.24) is 14.8 Å². The van der Waals surface area contributed by atoms with Crippen molar-refractivity contribution in [2.24, 2.45) is 0 Å². The number of rotatable bonds is 8. The molecule has 2 heterocycles. The van der Waals surface area contributed by atoms with Gasteiger partial charge < -0.3 is 14.4 Å². The van der Waals surface area contributed by atoms with Gasteiger partial charge >= 0.3 is 0 Å². The van der Waals surface area contributed by atoms with Crippen LogP contribution in [0.15, 0.2) is 52.5 Å². The monoisotopic (exact) mass is 478 g/mol. The number of aromatic nitrogens is 3. The van der Waals surface area contributed by atoms with Gasteiger partial charge in [-0.25, -0.2) is 0 Å². The first-order chi connectivity index (χ1) is 15.5. The minimum Gasteiger partial charge on any atom is -0.496 e. The fourth-order valence-corrected chi connectivity index (χ4v) is 4.95. The number of benzene rings is 2. The maximum absolute atomic E-state index is 12.8. The minimum absolute atomic E-state index is 0.425. The average molecular weight is 479 g/mol. The van der Waals surface area contributed by atoms with E-state index in [0.717, 1.165) is 41.0 Å². The third kappa shape index (κ3) is 5.36. The van der Waals surface area contributed by atoms with E-state index in [1.165, 1.54) is 7.11 Å². The smallest absolute Gasteiger partial charge is 0.289 e. The topological polar surface area (TPSA) is 52.4 Å². The minimum atomic E-state index is -2.49. The van der Waals surface area contributed by atoms with Gasteiger partial charge in [-0.2, -0.15) is 8.78 Å². The molecule has 0 N–H and O–H groups in total. The Balaban J connectivity index is 1.60. The van der Waals surface area contributed by atoms with Crippen LogP contribution < -0.4 is 9.64 Å². The molecule has 0 saturated carbocycles. The number of halogens is 2. The molecule has 1 aromatic heterocycles. The van der Waals surface area contributed by atoms with Gasteiger partial charge in [0.1, 0.15) is 5.75 Å². The predicted octanol–water partition coefficient (Wildman–Crippen LogP) is 5.03. The van der Waals surface area contributed by atoms with Crippen LogP contribution in [0.5, 0.6) is 5.75 Å². The van der Waals surface area contributed by atoms with Crippen LogP contribution >= 0.6 is 23.5 Å². The molecule has 0 atom stereocenters. The number of anilines is 1. The molecule has 3 aromatic rings. The molecule has 4 rings (SSSR count). The Bertz CT molecular complexity index is 1060. The summed E-state index contributed by atoms with van der Waals surface area (Å²) in [7, 11) is 1.49. The number of methoxy groups -OCH3 is 1. The second kappa shape index (κ2) is 10.5. The molecule has 10 heteroatoms. The summed E-state index contributed by atoms with van der Waals surface area (Å²) in [6.45, 7) is 4.89. The molecule has 1 aliphatic heterocycles. The summed E-state index contributed by atoms with van der Waals surface area (Å²) in [5.41, 5.74) is 3.11. The number of ether oxygens (including phenoxy) is 2. The molecule has 170 valence electrons. The van der Waals surface area contributed by atoms with E-state index in [-0.39, 0.29) is 0 Å². The van der Waals surface area contributed by atoms with Gasteiger partial charge in [-0.05, 0) is 42.3 Å². The van der Waals surface area contributed by atoms with Gasteiger partial charge in [-0.15, -0.1) is 10.2 Å². The molecule has 0 spiro atoms. The van der Waals surface area contributed by atoms with E-state index in [0.29, 0.717) is 41.4 Å². The highest BCUT2D eigenvalue weighted by molar-refractivity contribution is 7.99. The van der Waals surface area contributed by atoms with Crippen molar-refractivity contribution in [2.75, 3.05) is 38.3 Å². The quantitative estimate of drug-likeness (QED) is 0.421. The molecule has 1 saturated heterocycles. The van der Waals surface area contributed by atoms with Gasteiger partial charge in [0.2, 0.25) is 5.95 Å². The number of aryl methyl sites for hydroxylation is 1. The third-order valence-electron chi connectivity index (χ3n) is 4.98. The molecule has 32 heavy (non-hydrogen) atoms. The highest BCUT2D eigenvalue weighted by Gasteiger charge is 2.22. The molecule has 6 nitrogen and oxygen atoms in total. The van der Waals surface area contributed by atoms with Crippen LogP contribution in [0.25, 0.3) is 5.69 Å². The molecule has 0 bridgehead atoms. The first kappa shape index (κ1) is 22.9. The number of nitrogens with zero attached hydrogens (tertiary/aromatic N) is 4. The van der Waals surface area contributed by atoms with Crippen molar-refractivity contribution < 1.29 is 18.3 Å². The van der Waals surface area contributed by atoms with E-state index in [1.807, 2.05) is 18.2 Å². The number of thioether (sulfide) groups is 2. The Kier molecular flexibility index (Phi) is 7.54. The number of alkyl halides is 2. The lowest BCUT2D eigenvalue weighted by atomic mass is 10.2. The lowest BCUT2D eigenvalue weighted by Crippen LogP contribution is -2.37. The zero-order valence-corrected chi connectivity index (χ0v) is 19.5. The van der Waals surface area contributed by atoms with E-state index in [9.17, 15) is 8.78 Å². The molecule has 0 radical (unpaired) electrons. The zero-order chi connectivity index (χ0) is 22.5. The molecule has 2 aromatic carbocycles. The molecule has 0 amide bonds. The molecule has 1 aliphatic rings. The predicted molar refractivity (Wildman–Crippen MR) is 124 cm³/mol. The van der Waals surface area contributed by atoms with E-state index >= 15 is 0 Å². The molecule has 0 unspecified atom stereocenters. The highest BCUT2D eigenvalue weighted by atomic mass is 32.2. The Labute approximate surface area is 194 Å². The zero-order valence-electron chi connectivity index (χ0n) is 17.8. The van der Waals surface area contributed by atoms with Crippen LogP contribution in [0.1, 0.15) is 11.1 Å². The number of morpholine rings is 1. The standard InChI is InChI=1S/C22H24F2N4O2S2/c1-15-4-3-5-17(12-15)28-21(27-8-10-30-11-9-27)25-26-22(28)31-14-16-6-7-19(32-20(23)24)18(13-16)29-2/h3-7,12-13,20H,8-11,14H2,1-2H3. The van der Waals surface area contributed by atoms with Gasteiger partial charge in [0.15, 0.2) is 5.16 Å². The Morgan fingerprint density at radius 1 is 1.12 bits per heavy atom. The van der Waals surface area contributed by atoms with Gasteiger partial charge in [0, 0.05) is 18.8 Å². The van der Waals surface area contributed by atoms with Crippen LogP contribution in [0.2, 0.25) is 0 Å². The van der Waals surface area contributed by atoms with Crippen LogP contribution in [-0.2, 0) is 10.5 Å². The fraction of sp³-hybridized carbons (Fsp3) is 0.364. The highest BCUT2D eigenvalue weighted by Crippen LogP contribution is 2.36. The molecule has 0 aliphatic carbocycles. The Hall–Kier alpha value is -2.30. The summed E-state index contributed by atoms with van der Waals surface area (Å²) in [4.78, 5) is 2.61. The number of hydrogen-bond donors (Lipinski definition) is 0. The van der Waals surface area contributed by atoms with Crippen LogP contribution in [0.3, 0.4) is 0 Å². The summed E-state index contributed by atoms with van der Waals surface area (Å²) in [6.07, 6.45) is 0. The largest absolute Gasteiger partial charge is 0.496 e. The van der Waals surface area contributed by atoms with Crippen LogP contribution in [-0.4, -0.2) is 53.9 Å². The Morgan fingerprint density at radius 2 is 1.94 bits per heavy atom. The average Bonchev–Trinajstić information content (AvgIpc) is 3.22. The summed E-state index contributed by atoms with van der Waals surface area (Å²) in [6, 6.07) is 13.5. The van der Waals surface area contributed by atoms with Crippen molar-refractivity contribution in [3.05, 3.63) is 53.6 Å². The summed E-state index contributed by atoms with van der Waals surface area (Å²) >= 11 is 2.03. The Morgan fingerprint density at radius 3 is 2.66 bits per heavy atom. The van der Waals surface area contributed by atoms with Crippen molar-refractivity contribution in [1.29, 1.82) is 0 Å². The van der Waals surface area contributed by atoms with Gasteiger partial charge in [0.05, 0.1) is 30.9 Å². The normalized spacial score (nSPS) is 14.2. The van der Waals surface area contributed by atoms with Crippen molar-refractivity contribution in [3.63, 3.8) is 0 Å². The second-order valence-electron chi connectivity index (χ2n) is 7.21. The summed E-state index contributed by atoms with van der Waals surface area (Å²) in [5, 5.41) is 9.73. The SMILES string of the molecule is COc1cc(CSc2nnc(N3CCOCC3)n2-c2cccc(C)c2)ccc1SC(F)F. The fourth-order valence-electron chi connectivity index (χ4n) is 3.46. The maximum atomic E-state index is 12.8. The summed E-state index contributed by atoms with van der Waals surface area (Å²) < 4.78 is 38.4. The molecule has 1 fully saturated rings. The molecular formula is C22H24F2N4O2S2. The lowest BCUT2D eigenvalue weighted by Gasteiger charge is -2.28.